The Morgan fingerprint density at radius 2 is 1.84 bits per heavy atom. The highest BCUT2D eigenvalue weighted by molar-refractivity contribution is 5.95. The maximum atomic E-state index is 13.0. The number of benzene rings is 2. The van der Waals surface area contributed by atoms with E-state index < -0.39 is 11.7 Å². The van der Waals surface area contributed by atoms with Crippen LogP contribution in [0.5, 0.6) is 0 Å². The Morgan fingerprint density at radius 1 is 1.13 bits per heavy atom. The lowest BCUT2D eigenvalue weighted by molar-refractivity contribution is -0.137. The summed E-state index contributed by atoms with van der Waals surface area (Å²) in [5.41, 5.74) is 2.15. The van der Waals surface area contributed by atoms with Gasteiger partial charge in [0.15, 0.2) is 0 Å². The van der Waals surface area contributed by atoms with E-state index in [-0.39, 0.29) is 17.7 Å². The smallest absolute Gasteiger partial charge is 0.374 e. The Labute approximate surface area is 178 Å². The van der Waals surface area contributed by atoms with Crippen molar-refractivity contribution in [3.05, 3.63) is 82.7 Å². The second-order valence-corrected chi connectivity index (χ2v) is 7.47. The van der Waals surface area contributed by atoms with Gasteiger partial charge in [-0.25, -0.2) is 4.68 Å². The first-order valence-corrected chi connectivity index (χ1v) is 9.85. The van der Waals surface area contributed by atoms with Crippen molar-refractivity contribution in [2.24, 2.45) is 0 Å². The molecule has 0 unspecified atom stereocenters. The van der Waals surface area contributed by atoms with Crippen molar-refractivity contribution >= 4 is 5.91 Å². The van der Waals surface area contributed by atoms with Gasteiger partial charge in [-0.1, -0.05) is 30.3 Å². The van der Waals surface area contributed by atoms with Crippen LogP contribution in [0, 0.1) is 6.92 Å². The van der Waals surface area contributed by atoms with E-state index in [1.165, 1.54) is 23.0 Å². The van der Waals surface area contributed by atoms with E-state index in [0.29, 0.717) is 24.4 Å². The minimum absolute atomic E-state index is 0.125. The van der Waals surface area contributed by atoms with E-state index in [0.717, 1.165) is 23.3 Å². The molecule has 1 aromatic heterocycles. The van der Waals surface area contributed by atoms with Crippen LogP contribution < -0.4 is 5.32 Å². The molecule has 0 aliphatic heterocycles. The monoisotopic (exact) mass is 431 g/mol. The number of rotatable bonds is 7. The van der Waals surface area contributed by atoms with Crippen LogP contribution in [0.2, 0.25) is 0 Å². The molecule has 1 heterocycles. The molecule has 0 aliphatic carbocycles. The fraction of sp³-hybridized carbons (Fsp3) is 0.304. The molecule has 0 saturated heterocycles. The number of halogens is 3. The summed E-state index contributed by atoms with van der Waals surface area (Å²) in [6.07, 6.45) is -2.97. The second kappa shape index (κ2) is 9.34. The van der Waals surface area contributed by atoms with Crippen molar-refractivity contribution in [3.63, 3.8) is 0 Å². The summed E-state index contributed by atoms with van der Waals surface area (Å²) in [6, 6.07) is 12.5. The second-order valence-electron chi connectivity index (χ2n) is 7.47. The van der Waals surface area contributed by atoms with Gasteiger partial charge in [-0.2, -0.15) is 18.3 Å². The zero-order chi connectivity index (χ0) is 22.6. The Morgan fingerprint density at radius 3 is 2.55 bits per heavy atom. The molecule has 0 saturated carbocycles. The number of carbonyl (C=O) groups is 1. The number of nitrogens with zero attached hydrogens (tertiary/aromatic N) is 2. The van der Waals surface area contributed by atoms with Gasteiger partial charge in [0.25, 0.3) is 5.91 Å². The van der Waals surface area contributed by atoms with E-state index >= 15 is 0 Å². The number of ether oxygens (including phenoxy) is 1. The fourth-order valence-electron chi connectivity index (χ4n) is 3.08. The molecule has 1 N–H and O–H groups in total. The standard InChI is InChI=1S/C23H24F3N3O2/c1-15(2)31-14-18-7-4-6-17(10-18)12-27-22(30)21-13-28-29(16(21)3)20-9-5-8-19(11-20)23(24,25)26/h4-11,13,15H,12,14H2,1-3H3,(H,27,30). The van der Waals surface area contributed by atoms with E-state index in [1.807, 2.05) is 38.1 Å². The molecule has 0 radical (unpaired) electrons. The zero-order valence-corrected chi connectivity index (χ0v) is 17.5. The Kier molecular flexibility index (Phi) is 6.80. The molecule has 8 heteroatoms. The lowest BCUT2D eigenvalue weighted by atomic mass is 10.1. The number of amides is 1. The predicted octanol–water partition coefficient (Wildman–Crippen LogP) is 5.05. The van der Waals surface area contributed by atoms with Gasteiger partial charge in [0.05, 0.1) is 41.4 Å². The molecule has 5 nitrogen and oxygen atoms in total. The molecule has 3 aromatic rings. The van der Waals surface area contributed by atoms with Crippen molar-refractivity contribution in [2.75, 3.05) is 0 Å². The molecular formula is C23H24F3N3O2. The van der Waals surface area contributed by atoms with Crippen molar-refractivity contribution in [3.8, 4) is 5.69 Å². The first-order valence-electron chi connectivity index (χ1n) is 9.85. The first-order chi connectivity index (χ1) is 14.6. The maximum Gasteiger partial charge on any atom is 0.416 e. The number of alkyl halides is 3. The molecule has 31 heavy (non-hydrogen) atoms. The maximum absolute atomic E-state index is 13.0. The van der Waals surface area contributed by atoms with Crippen LogP contribution in [0.15, 0.2) is 54.7 Å². The molecular weight excluding hydrogens is 407 g/mol. The van der Waals surface area contributed by atoms with Gasteiger partial charge in [-0.05, 0) is 50.1 Å². The topological polar surface area (TPSA) is 56.1 Å². The molecule has 0 bridgehead atoms. The van der Waals surface area contributed by atoms with Gasteiger partial charge >= 0.3 is 6.18 Å². The number of aromatic nitrogens is 2. The highest BCUT2D eigenvalue weighted by atomic mass is 19.4. The minimum Gasteiger partial charge on any atom is -0.374 e. The fourth-order valence-corrected chi connectivity index (χ4v) is 3.08. The molecule has 0 atom stereocenters. The summed E-state index contributed by atoms with van der Waals surface area (Å²) in [7, 11) is 0. The SMILES string of the molecule is Cc1c(C(=O)NCc2cccc(COC(C)C)c2)cnn1-c1cccc(C(F)(F)F)c1. The van der Waals surface area contributed by atoms with Crippen molar-refractivity contribution < 1.29 is 22.7 Å². The average molecular weight is 431 g/mol. The summed E-state index contributed by atoms with van der Waals surface area (Å²) in [4.78, 5) is 12.6. The van der Waals surface area contributed by atoms with Crippen molar-refractivity contribution in [2.45, 2.75) is 46.2 Å². The highest BCUT2D eigenvalue weighted by Crippen LogP contribution is 2.30. The summed E-state index contributed by atoms with van der Waals surface area (Å²) in [5, 5.41) is 6.95. The van der Waals surface area contributed by atoms with Gasteiger partial charge in [-0.15, -0.1) is 0 Å². The van der Waals surface area contributed by atoms with Crippen LogP contribution in [0.1, 0.15) is 46.6 Å². The molecule has 0 aliphatic rings. The summed E-state index contributed by atoms with van der Waals surface area (Å²) in [5.74, 6) is -0.348. The Balaban J connectivity index is 1.70. The van der Waals surface area contributed by atoms with Crippen LogP contribution in [-0.4, -0.2) is 21.8 Å². The molecule has 0 fully saturated rings. The number of hydrogen-bond acceptors (Lipinski definition) is 3. The largest absolute Gasteiger partial charge is 0.416 e. The molecule has 2 aromatic carbocycles. The van der Waals surface area contributed by atoms with Gasteiger partial charge in [0.2, 0.25) is 0 Å². The van der Waals surface area contributed by atoms with Crippen LogP contribution in [0.4, 0.5) is 13.2 Å². The summed E-state index contributed by atoms with van der Waals surface area (Å²) < 4.78 is 45.9. The average Bonchev–Trinajstić information content (AvgIpc) is 3.12. The van der Waals surface area contributed by atoms with Gasteiger partial charge in [0.1, 0.15) is 0 Å². The first kappa shape index (κ1) is 22.6. The Hall–Kier alpha value is -3.13. The molecule has 1 amide bonds. The third-order valence-corrected chi connectivity index (χ3v) is 4.70. The van der Waals surface area contributed by atoms with E-state index in [9.17, 15) is 18.0 Å². The van der Waals surface area contributed by atoms with Gasteiger partial charge < -0.3 is 10.1 Å². The predicted molar refractivity (Wildman–Crippen MR) is 111 cm³/mol. The van der Waals surface area contributed by atoms with Gasteiger partial charge in [0, 0.05) is 6.54 Å². The van der Waals surface area contributed by atoms with Crippen LogP contribution >= 0.6 is 0 Å². The van der Waals surface area contributed by atoms with Gasteiger partial charge in [-0.3, -0.25) is 4.79 Å². The van der Waals surface area contributed by atoms with E-state index in [2.05, 4.69) is 10.4 Å². The van der Waals surface area contributed by atoms with Crippen LogP contribution in [0.25, 0.3) is 5.69 Å². The van der Waals surface area contributed by atoms with E-state index in [4.69, 9.17) is 4.74 Å². The third-order valence-electron chi connectivity index (χ3n) is 4.70. The summed E-state index contributed by atoms with van der Waals surface area (Å²) >= 11 is 0. The molecule has 0 spiro atoms. The van der Waals surface area contributed by atoms with Crippen molar-refractivity contribution in [1.82, 2.24) is 15.1 Å². The van der Waals surface area contributed by atoms with E-state index in [1.54, 1.807) is 6.92 Å². The summed E-state index contributed by atoms with van der Waals surface area (Å²) in [6.45, 7) is 6.37. The Bertz CT molecular complexity index is 1060. The quantitative estimate of drug-likeness (QED) is 0.569. The highest BCUT2D eigenvalue weighted by Gasteiger charge is 2.30. The number of carbonyl (C=O) groups excluding carboxylic acids is 1. The lowest BCUT2D eigenvalue weighted by Gasteiger charge is -2.11. The zero-order valence-electron chi connectivity index (χ0n) is 17.5. The van der Waals surface area contributed by atoms with Crippen LogP contribution in [0.3, 0.4) is 0 Å². The molecule has 3 rings (SSSR count). The number of nitrogens with one attached hydrogen (secondary N) is 1. The van der Waals surface area contributed by atoms with Crippen molar-refractivity contribution in [1.29, 1.82) is 0 Å². The molecule has 164 valence electrons. The number of hydrogen-bond donors (Lipinski definition) is 1. The third kappa shape index (κ3) is 5.73. The van der Waals surface area contributed by atoms with Crippen LogP contribution in [-0.2, 0) is 24.1 Å². The lowest BCUT2D eigenvalue weighted by Crippen LogP contribution is -2.23. The minimum atomic E-state index is -4.45. The normalized spacial score (nSPS) is 11.7.